The quantitative estimate of drug-likeness (QED) is 0.184. The SMILES string of the molecule is c1cncc(N(c2cc3c4c(ccc5oc6cc(-c7cccc8sc9ccccc9c78)cc(c6c54)-c4ccccc4-3)c2)c2cccc3ccccc23)c1. The monoisotopic (exact) mass is 692 g/mol. The second-order valence-corrected chi connectivity index (χ2v) is 15.0. The normalized spacial score (nSPS) is 12.2. The number of hydrogen-bond donors (Lipinski definition) is 0. The third-order valence-corrected chi connectivity index (χ3v) is 12.2. The summed E-state index contributed by atoms with van der Waals surface area (Å²) in [5, 5.41) is 9.72. The van der Waals surface area contributed by atoms with Crippen LogP contribution in [0.5, 0.6) is 0 Å². The van der Waals surface area contributed by atoms with E-state index in [1.165, 1.54) is 80.3 Å². The van der Waals surface area contributed by atoms with Crippen LogP contribution in [0.1, 0.15) is 0 Å². The Balaban J connectivity index is 1.16. The molecule has 3 nitrogen and oxygen atoms in total. The summed E-state index contributed by atoms with van der Waals surface area (Å²) in [4.78, 5) is 6.92. The first kappa shape index (κ1) is 28.9. The van der Waals surface area contributed by atoms with Crippen LogP contribution in [-0.4, -0.2) is 4.98 Å². The lowest BCUT2D eigenvalue weighted by atomic mass is 9.91. The molecule has 1 aliphatic rings. The van der Waals surface area contributed by atoms with E-state index in [2.05, 4.69) is 162 Å². The van der Waals surface area contributed by atoms with E-state index in [9.17, 15) is 0 Å². The van der Waals surface area contributed by atoms with E-state index in [4.69, 9.17) is 4.42 Å². The van der Waals surface area contributed by atoms with Gasteiger partial charge in [0.15, 0.2) is 0 Å². The number of anilines is 3. The predicted octanol–water partition coefficient (Wildman–Crippen LogP) is 14.4. The van der Waals surface area contributed by atoms with Gasteiger partial charge in [0.05, 0.1) is 17.6 Å². The molecule has 1 aliphatic carbocycles. The number of hydrogen-bond acceptors (Lipinski definition) is 4. The van der Waals surface area contributed by atoms with E-state index in [-0.39, 0.29) is 0 Å². The summed E-state index contributed by atoms with van der Waals surface area (Å²) in [5.74, 6) is 0. The molecular weight excluding hydrogens is 665 g/mol. The minimum absolute atomic E-state index is 0.907. The number of benzene rings is 8. The van der Waals surface area contributed by atoms with E-state index in [1.807, 2.05) is 29.8 Å². The molecule has 4 heteroatoms. The molecule has 3 heterocycles. The molecule has 0 bridgehead atoms. The van der Waals surface area contributed by atoms with Crippen molar-refractivity contribution in [2.75, 3.05) is 4.90 Å². The Labute approximate surface area is 308 Å². The Hall–Kier alpha value is -6.75. The summed E-state index contributed by atoms with van der Waals surface area (Å²) in [7, 11) is 0. The average molecular weight is 693 g/mol. The fourth-order valence-electron chi connectivity index (χ4n) is 8.83. The van der Waals surface area contributed by atoms with Gasteiger partial charge >= 0.3 is 0 Å². The predicted molar refractivity (Wildman–Crippen MR) is 224 cm³/mol. The topological polar surface area (TPSA) is 29.3 Å². The van der Waals surface area contributed by atoms with E-state index in [0.717, 1.165) is 33.8 Å². The molecule has 0 saturated carbocycles. The fraction of sp³-hybridized carbons (Fsp3) is 0. The first-order valence-electron chi connectivity index (χ1n) is 17.9. The van der Waals surface area contributed by atoms with E-state index >= 15 is 0 Å². The molecule has 3 aromatic heterocycles. The highest BCUT2D eigenvalue weighted by Gasteiger charge is 2.27. The fourth-order valence-corrected chi connectivity index (χ4v) is 9.96. The zero-order valence-electron chi connectivity index (χ0n) is 28.4. The van der Waals surface area contributed by atoms with Gasteiger partial charge in [-0.1, -0.05) is 97.1 Å². The van der Waals surface area contributed by atoms with E-state index in [1.54, 1.807) is 0 Å². The Morgan fingerprint density at radius 3 is 2.09 bits per heavy atom. The number of nitrogens with zero attached hydrogens (tertiary/aromatic N) is 2. The number of thiophene rings is 1. The van der Waals surface area contributed by atoms with Crippen LogP contribution < -0.4 is 4.90 Å². The van der Waals surface area contributed by atoms with Crippen molar-refractivity contribution in [3.63, 3.8) is 0 Å². The maximum absolute atomic E-state index is 6.84. The molecule has 0 fully saturated rings. The van der Waals surface area contributed by atoms with Crippen molar-refractivity contribution in [1.82, 2.24) is 4.98 Å². The smallest absolute Gasteiger partial charge is 0.136 e. The van der Waals surface area contributed by atoms with Crippen molar-refractivity contribution in [2.45, 2.75) is 0 Å². The molecule has 53 heavy (non-hydrogen) atoms. The Morgan fingerprint density at radius 2 is 1.21 bits per heavy atom. The van der Waals surface area contributed by atoms with Crippen molar-refractivity contribution in [3.8, 4) is 33.4 Å². The van der Waals surface area contributed by atoms with Crippen molar-refractivity contribution in [3.05, 3.63) is 170 Å². The van der Waals surface area contributed by atoms with Crippen LogP contribution in [0.15, 0.2) is 175 Å². The molecule has 0 amide bonds. The van der Waals surface area contributed by atoms with Gasteiger partial charge in [-0.25, -0.2) is 0 Å². The van der Waals surface area contributed by atoms with Crippen LogP contribution in [0.2, 0.25) is 0 Å². The molecule has 0 unspecified atom stereocenters. The molecule has 0 atom stereocenters. The largest absolute Gasteiger partial charge is 0.456 e. The van der Waals surface area contributed by atoms with Crippen molar-refractivity contribution in [2.24, 2.45) is 0 Å². The lowest BCUT2D eigenvalue weighted by molar-refractivity contribution is 0.669. The average Bonchev–Trinajstić information content (AvgIpc) is 3.76. The lowest BCUT2D eigenvalue weighted by Crippen LogP contribution is -2.11. The third-order valence-electron chi connectivity index (χ3n) is 11.0. The zero-order valence-corrected chi connectivity index (χ0v) is 29.2. The van der Waals surface area contributed by atoms with Crippen LogP contribution in [0.3, 0.4) is 0 Å². The third kappa shape index (κ3) is 4.12. The minimum atomic E-state index is 0.907. The summed E-state index contributed by atoms with van der Waals surface area (Å²) < 4.78 is 9.44. The first-order valence-corrected chi connectivity index (χ1v) is 18.8. The van der Waals surface area contributed by atoms with Gasteiger partial charge in [-0.3, -0.25) is 4.98 Å². The highest BCUT2D eigenvalue weighted by molar-refractivity contribution is 7.25. The second-order valence-electron chi connectivity index (χ2n) is 13.9. The first-order chi connectivity index (χ1) is 26.3. The van der Waals surface area contributed by atoms with Crippen molar-refractivity contribution >= 4 is 92.1 Å². The van der Waals surface area contributed by atoms with Gasteiger partial charge in [-0.2, -0.15) is 0 Å². The molecule has 0 aliphatic heterocycles. The molecule has 0 saturated heterocycles. The summed E-state index contributed by atoms with van der Waals surface area (Å²) in [6, 6.07) is 57.4. The Bertz CT molecular complexity index is 3300. The van der Waals surface area contributed by atoms with Gasteiger partial charge in [0.2, 0.25) is 0 Å². The molecule has 0 N–H and O–H groups in total. The molecule has 0 radical (unpaired) electrons. The maximum Gasteiger partial charge on any atom is 0.136 e. The summed E-state index contributed by atoms with van der Waals surface area (Å²) >= 11 is 1.86. The van der Waals surface area contributed by atoms with Gasteiger partial charge in [0.25, 0.3) is 0 Å². The van der Waals surface area contributed by atoms with Crippen LogP contribution in [-0.2, 0) is 0 Å². The van der Waals surface area contributed by atoms with Crippen molar-refractivity contribution < 1.29 is 4.42 Å². The molecule has 8 aromatic carbocycles. The van der Waals surface area contributed by atoms with E-state index in [0.29, 0.717) is 0 Å². The van der Waals surface area contributed by atoms with Gasteiger partial charge in [-0.05, 0) is 105 Å². The van der Waals surface area contributed by atoms with Crippen LogP contribution in [0.25, 0.3) is 97.0 Å². The molecule has 0 spiro atoms. The molecule has 12 rings (SSSR count). The highest BCUT2D eigenvalue weighted by atomic mass is 32.1. The van der Waals surface area contributed by atoms with Gasteiger partial charge in [0, 0.05) is 53.6 Å². The van der Waals surface area contributed by atoms with Gasteiger partial charge in [0.1, 0.15) is 11.2 Å². The number of furan rings is 1. The second kappa shape index (κ2) is 10.9. The summed E-state index contributed by atoms with van der Waals surface area (Å²) in [6.45, 7) is 0. The molecule has 246 valence electrons. The Kier molecular flexibility index (Phi) is 5.93. The van der Waals surface area contributed by atoms with Crippen LogP contribution in [0, 0.1) is 0 Å². The minimum Gasteiger partial charge on any atom is -0.456 e. The number of rotatable bonds is 4. The van der Waals surface area contributed by atoms with Crippen LogP contribution >= 0.6 is 11.3 Å². The number of fused-ring (bicyclic) bond motifs is 7. The lowest BCUT2D eigenvalue weighted by Gasteiger charge is -2.27. The molecule has 11 aromatic rings. The highest BCUT2D eigenvalue weighted by Crippen LogP contribution is 2.53. The van der Waals surface area contributed by atoms with E-state index < -0.39 is 0 Å². The summed E-state index contributed by atoms with van der Waals surface area (Å²) in [5.41, 5.74) is 12.2. The maximum atomic E-state index is 6.84. The number of pyridine rings is 1. The summed E-state index contributed by atoms with van der Waals surface area (Å²) in [6.07, 6.45) is 3.79. The van der Waals surface area contributed by atoms with Crippen LogP contribution in [0.4, 0.5) is 17.1 Å². The zero-order chi connectivity index (χ0) is 34.6. The standard InChI is InChI=1S/C49H28N2OS/c1-2-13-34-29(10-1)11-7-18-41(34)51(32-12-9-23-50-28-32)33-24-30-21-22-42-49-46(30)40(27-33)37-15-4-3-14-36(37)39-25-31(26-43(52-42)48(39)49)35-17-8-20-45-47(35)38-16-5-6-19-44(38)53-45/h1-28H. The number of aromatic nitrogens is 1. The Morgan fingerprint density at radius 1 is 0.453 bits per heavy atom. The van der Waals surface area contributed by atoms with Crippen molar-refractivity contribution in [1.29, 1.82) is 0 Å². The van der Waals surface area contributed by atoms with Gasteiger partial charge < -0.3 is 9.32 Å². The molecular formula is C49H28N2OS. The van der Waals surface area contributed by atoms with Gasteiger partial charge in [-0.15, -0.1) is 11.3 Å².